The fraction of sp³-hybridized carbons (Fsp3) is 0.600. The average molecular weight is 191 g/mol. The third kappa shape index (κ3) is 1.14. The lowest BCUT2D eigenvalue weighted by Gasteiger charge is -2.32. The van der Waals surface area contributed by atoms with E-state index in [2.05, 4.69) is 15.3 Å². The molecule has 0 radical (unpaired) electrons. The molecule has 1 aromatic heterocycles. The summed E-state index contributed by atoms with van der Waals surface area (Å²) in [5, 5.41) is 3.57. The molecule has 2 bridgehead atoms. The van der Waals surface area contributed by atoms with E-state index in [-0.39, 0.29) is 5.54 Å². The molecule has 3 heterocycles. The van der Waals surface area contributed by atoms with Crippen LogP contribution in [0.25, 0.3) is 0 Å². The Kier molecular flexibility index (Phi) is 1.78. The zero-order valence-corrected chi connectivity index (χ0v) is 7.94. The van der Waals surface area contributed by atoms with Crippen LogP contribution in [0.2, 0.25) is 0 Å². The zero-order valence-electron chi connectivity index (χ0n) is 7.94. The van der Waals surface area contributed by atoms with Crippen molar-refractivity contribution in [2.24, 2.45) is 0 Å². The van der Waals surface area contributed by atoms with Gasteiger partial charge in [0.15, 0.2) is 5.82 Å². The molecule has 2 fully saturated rings. The van der Waals surface area contributed by atoms with E-state index in [1.54, 1.807) is 12.4 Å². The molecular weight excluding hydrogens is 178 g/mol. The molecule has 1 aromatic rings. The van der Waals surface area contributed by atoms with E-state index in [4.69, 9.17) is 4.74 Å². The van der Waals surface area contributed by atoms with Crippen LogP contribution in [0.5, 0.6) is 0 Å². The Bertz CT molecular complexity index is 325. The van der Waals surface area contributed by atoms with Gasteiger partial charge in [-0.15, -0.1) is 0 Å². The summed E-state index contributed by atoms with van der Waals surface area (Å²) in [5.74, 6) is 0.877. The van der Waals surface area contributed by atoms with Crippen LogP contribution in [-0.4, -0.2) is 29.2 Å². The van der Waals surface area contributed by atoms with Gasteiger partial charge in [0.25, 0.3) is 0 Å². The Hall–Kier alpha value is -1.00. The Labute approximate surface area is 82.7 Å². The van der Waals surface area contributed by atoms with Crippen molar-refractivity contribution < 1.29 is 4.74 Å². The molecule has 2 unspecified atom stereocenters. The summed E-state index contributed by atoms with van der Waals surface area (Å²) in [7, 11) is 0. The maximum Gasteiger partial charge on any atom is 0.150 e. The van der Waals surface area contributed by atoms with Crippen molar-refractivity contribution in [3.05, 3.63) is 24.3 Å². The summed E-state index contributed by atoms with van der Waals surface area (Å²) in [4.78, 5) is 8.64. The van der Waals surface area contributed by atoms with Gasteiger partial charge >= 0.3 is 0 Å². The third-order valence-electron chi connectivity index (χ3n) is 3.06. The normalized spacial score (nSPS) is 35.9. The predicted molar refractivity (Wildman–Crippen MR) is 50.7 cm³/mol. The molecule has 2 atom stereocenters. The molecule has 0 spiro atoms. The van der Waals surface area contributed by atoms with Crippen LogP contribution in [0.3, 0.4) is 0 Å². The lowest BCUT2D eigenvalue weighted by Crippen LogP contribution is -2.51. The first-order valence-electron chi connectivity index (χ1n) is 5.02. The molecule has 0 aliphatic carbocycles. The minimum Gasteiger partial charge on any atom is -0.377 e. The van der Waals surface area contributed by atoms with Gasteiger partial charge in [-0.25, -0.2) is 9.97 Å². The standard InChI is InChI=1S/C10H13N3O/c1-4-11-9(12-5-1)10-3-2-8(13-10)6-14-7-10/h1,4-5,8,13H,2-3,6-7H2. The zero-order chi connectivity index (χ0) is 9.43. The van der Waals surface area contributed by atoms with Crippen LogP contribution in [0, 0.1) is 0 Å². The summed E-state index contributed by atoms with van der Waals surface area (Å²) in [6.45, 7) is 1.53. The van der Waals surface area contributed by atoms with Crippen LogP contribution >= 0.6 is 0 Å². The van der Waals surface area contributed by atoms with Crippen molar-refractivity contribution in [2.75, 3.05) is 13.2 Å². The number of hydrogen-bond donors (Lipinski definition) is 1. The highest BCUT2D eigenvalue weighted by molar-refractivity contribution is 5.12. The van der Waals surface area contributed by atoms with E-state index in [9.17, 15) is 0 Å². The first-order chi connectivity index (χ1) is 6.89. The SMILES string of the molecule is c1cnc(C23CCC(COC2)N3)nc1. The van der Waals surface area contributed by atoms with Gasteiger partial charge in [-0.05, 0) is 18.9 Å². The molecule has 4 nitrogen and oxygen atoms in total. The fourth-order valence-electron chi connectivity index (χ4n) is 2.36. The van der Waals surface area contributed by atoms with Crippen LogP contribution < -0.4 is 5.32 Å². The number of nitrogens with zero attached hydrogens (tertiary/aromatic N) is 2. The first kappa shape index (κ1) is 8.32. The minimum absolute atomic E-state index is 0.107. The van der Waals surface area contributed by atoms with Crippen molar-refractivity contribution in [2.45, 2.75) is 24.4 Å². The lowest BCUT2D eigenvalue weighted by molar-refractivity contribution is 0.0252. The van der Waals surface area contributed by atoms with E-state index in [1.165, 1.54) is 0 Å². The first-order valence-corrected chi connectivity index (χ1v) is 5.02. The molecule has 74 valence electrons. The molecule has 0 amide bonds. The van der Waals surface area contributed by atoms with Crippen LogP contribution in [0.15, 0.2) is 18.5 Å². The summed E-state index contributed by atoms with van der Waals surface area (Å²) in [6.07, 6.45) is 5.83. The average Bonchev–Trinajstić information content (AvgIpc) is 2.57. The topological polar surface area (TPSA) is 47.0 Å². The number of nitrogens with one attached hydrogen (secondary N) is 1. The van der Waals surface area contributed by atoms with Crippen molar-refractivity contribution in [1.82, 2.24) is 15.3 Å². The van der Waals surface area contributed by atoms with Crippen LogP contribution in [0.1, 0.15) is 18.7 Å². The molecule has 1 N–H and O–H groups in total. The molecule has 14 heavy (non-hydrogen) atoms. The number of fused-ring (bicyclic) bond motifs is 2. The number of rotatable bonds is 1. The number of morpholine rings is 1. The second kappa shape index (κ2) is 3.00. The predicted octanol–water partition coefficient (Wildman–Crippen LogP) is 0.454. The van der Waals surface area contributed by atoms with Gasteiger partial charge in [0.2, 0.25) is 0 Å². The van der Waals surface area contributed by atoms with Gasteiger partial charge in [0.05, 0.1) is 13.2 Å². The summed E-state index contributed by atoms with van der Waals surface area (Å²) in [6, 6.07) is 2.34. The smallest absolute Gasteiger partial charge is 0.150 e. The van der Waals surface area contributed by atoms with Crippen molar-refractivity contribution in [3.8, 4) is 0 Å². The van der Waals surface area contributed by atoms with Crippen LogP contribution in [0.4, 0.5) is 0 Å². The fourth-order valence-corrected chi connectivity index (χ4v) is 2.36. The monoisotopic (exact) mass is 191 g/mol. The van der Waals surface area contributed by atoms with Gasteiger partial charge < -0.3 is 4.74 Å². The van der Waals surface area contributed by atoms with Gasteiger partial charge in [-0.1, -0.05) is 0 Å². The number of aromatic nitrogens is 2. The number of ether oxygens (including phenoxy) is 1. The molecule has 0 saturated carbocycles. The molecular formula is C10H13N3O. The van der Waals surface area contributed by atoms with E-state index in [1.807, 2.05) is 6.07 Å². The lowest BCUT2D eigenvalue weighted by atomic mass is 9.98. The molecule has 4 heteroatoms. The van der Waals surface area contributed by atoms with Crippen molar-refractivity contribution in [1.29, 1.82) is 0 Å². The second-order valence-electron chi connectivity index (χ2n) is 4.05. The molecule has 2 aliphatic rings. The van der Waals surface area contributed by atoms with E-state index >= 15 is 0 Å². The molecule has 3 rings (SSSR count). The highest BCUT2D eigenvalue weighted by Gasteiger charge is 2.45. The Morgan fingerprint density at radius 1 is 1.43 bits per heavy atom. The maximum atomic E-state index is 5.57. The van der Waals surface area contributed by atoms with Gasteiger partial charge in [-0.2, -0.15) is 0 Å². The summed E-state index contributed by atoms with van der Waals surface area (Å²) >= 11 is 0. The second-order valence-corrected chi connectivity index (χ2v) is 4.05. The molecule has 2 saturated heterocycles. The largest absolute Gasteiger partial charge is 0.377 e. The Morgan fingerprint density at radius 3 is 3.14 bits per heavy atom. The van der Waals surface area contributed by atoms with Crippen molar-refractivity contribution >= 4 is 0 Å². The van der Waals surface area contributed by atoms with E-state index in [0.717, 1.165) is 25.3 Å². The minimum atomic E-state index is -0.107. The van der Waals surface area contributed by atoms with Gasteiger partial charge in [0.1, 0.15) is 5.54 Å². The van der Waals surface area contributed by atoms with E-state index < -0.39 is 0 Å². The quantitative estimate of drug-likeness (QED) is 0.700. The highest BCUT2D eigenvalue weighted by Crippen LogP contribution is 2.34. The molecule has 2 aliphatic heterocycles. The number of hydrogen-bond acceptors (Lipinski definition) is 4. The highest BCUT2D eigenvalue weighted by atomic mass is 16.5. The Morgan fingerprint density at radius 2 is 2.29 bits per heavy atom. The van der Waals surface area contributed by atoms with E-state index in [0.29, 0.717) is 12.6 Å². The van der Waals surface area contributed by atoms with Gasteiger partial charge in [-0.3, -0.25) is 5.32 Å². The Balaban J connectivity index is 1.97. The third-order valence-corrected chi connectivity index (χ3v) is 3.06. The molecule has 0 aromatic carbocycles. The maximum absolute atomic E-state index is 5.57. The van der Waals surface area contributed by atoms with Crippen LogP contribution in [-0.2, 0) is 10.3 Å². The van der Waals surface area contributed by atoms with Gasteiger partial charge in [0, 0.05) is 18.4 Å². The summed E-state index contributed by atoms with van der Waals surface area (Å²) < 4.78 is 5.57. The summed E-state index contributed by atoms with van der Waals surface area (Å²) in [5.41, 5.74) is -0.107. The van der Waals surface area contributed by atoms with Crippen molar-refractivity contribution in [3.63, 3.8) is 0 Å².